The van der Waals surface area contributed by atoms with Crippen LogP contribution in [0.1, 0.15) is 18.4 Å². The second kappa shape index (κ2) is 5.29. The minimum absolute atomic E-state index is 0.144. The van der Waals surface area contributed by atoms with Gasteiger partial charge in [-0.3, -0.25) is 4.79 Å². The van der Waals surface area contributed by atoms with Gasteiger partial charge in [-0.15, -0.1) is 0 Å². The molecular weight excluding hydrogens is 254 g/mol. The van der Waals surface area contributed by atoms with Gasteiger partial charge in [-0.05, 0) is 56.3 Å². The largest absolute Gasteiger partial charge is 0.454 e. The van der Waals surface area contributed by atoms with E-state index in [-0.39, 0.29) is 18.5 Å². The van der Waals surface area contributed by atoms with Crippen LogP contribution in [0.3, 0.4) is 0 Å². The maximum Gasteiger partial charge on any atom is 0.231 e. The number of carbonyl (C=O) groups excluding carboxylic acids is 1. The third kappa shape index (κ3) is 2.56. The van der Waals surface area contributed by atoms with Crippen LogP contribution < -0.4 is 9.47 Å². The fourth-order valence-electron chi connectivity index (χ4n) is 2.81. The molecule has 0 radical (unpaired) electrons. The lowest BCUT2D eigenvalue weighted by Gasteiger charge is -2.13. The Kier molecular flexibility index (Phi) is 3.49. The minimum atomic E-state index is 0.144. The van der Waals surface area contributed by atoms with E-state index in [1.807, 2.05) is 38.4 Å². The average molecular weight is 273 g/mol. The maximum absolute atomic E-state index is 12.3. The lowest BCUT2D eigenvalue weighted by molar-refractivity contribution is -0.118. The van der Waals surface area contributed by atoms with Crippen molar-refractivity contribution in [1.29, 1.82) is 0 Å². The third-order valence-electron chi connectivity index (χ3n) is 3.77. The predicted octanol–water partition coefficient (Wildman–Crippen LogP) is 2.34. The normalized spacial score (nSPS) is 23.1. The van der Waals surface area contributed by atoms with Crippen molar-refractivity contribution in [3.8, 4) is 11.5 Å². The lowest BCUT2D eigenvalue weighted by Crippen LogP contribution is -2.24. The number of benzene rings is 1. The number of ketones is 1. The van der Waals surface area contributed by atoms with E-state index < -0.39 is 0 Å². The van der Waals surface area contributed by atoms with Crippen LogP contribution >= 0.6 is 0 Å². The molecule has 1 aromatic rings. The molecule has 1 atom stereocenters. The first-order valence-electron chi connectivity index (χ1n) is 6.92. The summed E-state index contributed by atoms with van der Waals surface area (Å²) in [6.45, 7) is 1.11. The highest BCUT2D eigenvalue weighted by molar-refractivity contribution is 6.03. The fraction of sp³-hybridized carbons (Fsp3) is 0.438. The van der Waals surface area contributed by atoms with Crippen LogP contribution in [0.25, 0.3) is 6.08 Å². The number of nitrogens with zero attached hydrogens (tertiary/aromatic N) is 1. The summed E-state index contributed by atoms with van der Waals surface area (Å²) in [6.07, 6.45) is 3.80. The molecule has 1 aliphatic heterocycles. The van der Waals surface area contributed by atoms with E-state index in [9.17, 15) is 4.79 Å². The molecular formula is C16H19NO3. The van der Waals surface area contributed by atoms with E-state index in [2.05, 4.69) is 4.90 Å². The van der Waals surface area contributed by atoms with Crippen LogP contribution in [0.2, 0.25) is 0 Å². The number of ether oxygens (including phenoxy) is 2. The second-order valence-electron chi connectivity index (χ2n) is 5.64. The molecule has 4 heteroatoms. The van der Waals surface area contributed by atoms with Gasteiger partial charge < -0.3 is 14.4 Å². The maximum atomic E-state index is 12.3. The first-order valence-corrected chi connectivity index (χ1v) is 6.92. The van der Waals surface area contributed by atoms with Gasteiger partial charge in [0.2, 0.25) is 6.79 Å². The number of hydrogen-bond acceptors (Lipinski definition) is 4. The first kappa shape index (κ1) is 13.2. The molecule has 1 saturated carbocycles. The van der Waals surface area contributed by atoms with Crippen molar-refractivity contribution in [2.45, 2.75) is 12.8 Å². The van der Waals surface area contributed by atoms with Crippen molar-refractivity contribution in [1.82, 2.24) is 4.90 Å². The Morgan fingerprint density at radius 1 is 1.30 bits per heavy atom. The van der Waals surface area contributed by atoms with Crippen molar-refractivity contribution in [3.63, 3.8) is 0 Å². The third-order valence-corrected chi connectivity index (χ3v) is 3.77. The van der Waals surface area contributed by atoms with Gasteiger partial charge in [0.15, 0.2) is 17.3 Å². The molecule has 20 heavy (non-hydrogen) atoms. The van der Waals surface area contributed by atoms with E-state index in [4.69, 9.17) is 9.47 Å². The molecule has 4 nitrogen and oxygen atoms in total. The van der Waals surface area contributed by atoms with Crippen molar-refractivity contribution in [2.75, 3.05) is 27.4 Å². The molecule has 1 fully saturated rings. The Morgan fingerprint density at radius 3 is 2.90 bits per heavy atom. The van der Waals surface area contributed by atoms with Gasteiger partial charge in [-0.25, -0.2) is 0 Å². The van der Waals surface area contributed by atoms with Gasteiger partial charge in [-0.2, -0.15) is 0 Å². The van der Waals surface area contributed by atoms with Gasteiger partial charge >= 0.3 is 0 Å². The van der Waals surface area contributed by atoms with Crippen LogP contribution in [0.5, 0.6) is 11.5 Å². The summed E-state index contributed by atoms with van der Waals surface area (Å²) < 4.78 is 10.7. The highest BCUT2D eigenvalue weighted by Gasteiger charge is 2.29. The molecule has 106 valence electrons. The molecule has 0 saturated heterocycles. The number of fused-ring (bicyclic) bond motifs is 1. The molecule has 0 amide bonds. The zero-order valence-corrected chi connectivity index (χ0v) is 11.9. The summed E-state index contributed by atoms with van der Waals surface area (Å²) in [4.78, 5) is 14.4. The summed E-state index contributed by atoms with van der Waals surface area (Å²) in [5.41, 5.74) is 1.93. The number of allylic oxidation sites excluding steroid dienone is 1. The predicted molar refractivity (Wildman–Crippen MR) is 76.8 cm³/mol. The SMILES string of the molecule is CN(C)CC1CC/C(=C\c2ccc3c(c2)OCO3)C1=O. The smallest absolute Gasteiger partial charge is 0.231 e. The first-order chi connectivity index (χ1) is 9.63. The molecule has 1 aliphatic carbocycles. The Balaban J connectivity index is 1.78. The monoisotopic (exact) mass is 273 g/mol. The van der Waals surface area contributed by atoms with Crippen molar-refractivity contribution in [3.05, 3.63) is 29.3 Å². The van der Waals surface area contributed by atoms with Crippen LogP contribution in [-0.4, -0.2) is 38.1 Å². The highest BCUT2D eigenvalue weighted by atomic mass is 16.7. The minimum Gasteiger partial charge on any atom is -0.454 e. The van der Waals surface area contributed by atoms with Crippen LogP contribution in [0.15, 0.2) is 23.8 Å². The van der Waals surface area contributed by atoms with Gasteiger partial charge in [-0.1, -0.05) is 6.07 Å². The Labute approximate surface area is 119 Å². The second-order valence-corrected chi connectivity index (χ2v) is 5.64. The highest BCUT2D eigenvalue weighted by Crippen LogP contribution is 2.34. The Bertz CT molecular complexity index is 563. The molecule has 0 N–H and O–H groups in total. The number of Topliss-reactive ketones (excluding diaryl/α,β-unsaturated/α-hetero) is 1. The Morgan fingerprint density at radius 2 is 2.10 bits per heavy atom. The lowest BCUT2D eigenvalue weighted by atomic mass is 10.0. The summed E-state index contributed by atoms with van der Waals surface area (Å²) >= 11 is 0. The van der Waals surface area contributed by atoms with Crippen molar-refractivity contribution in [2.24, 2.45) is 5.92 Å². The summed E-state index contributed by atoms with van der Waals surface area (Å²) in [5, 5.41) is 0. The average Bonchev–Trinajstić information content (AvgIpc) is 2.99. The van der Waals surface area contributed by atoms with E-state index >= 15 is 0 Å². The van der Waals surface area contributed by atoms with Gasteiger partial charge in [0.1, 0.15) is 0 Å². The van der Waals surface area contributed by atoms with Crippen LogP contribution in [0, 0.1) is 5.92 Å². The number of carbonyl (C=O) groups is 1. The molecule has 1 heterocycles. The summed E-state index contributed by atoms with van der Waals surface area (Å²) in [6, 6.07) is 5.79. The Hall–Kier alpha value is -1.81. The standard InChI is InChI=1S/C16H19NO3/c1-17(2)9-13-5-4-12(16(13)18)7-11-3-6-14-15(8-11)20-10-19-14/h3,6-8,13H,4-5,9-10H2,1-2H3/b12-7+. The van der Waals surface area contributed by atoms with Gasteiger partial charge in [0, 0.05) is 12.5 Å². The molecule has 3 rings (SSSR count). The number of hydrogen-bond donors (Lipinski definition) is 0. The van der Waals surface area contributed by atoms with Gasteiger partial charge in [0.25, 0.3) is 0 Å². The summed E-state index contributed by atoms with van der Waals surface area (Å²) in [5.74, 6) is 1.96. The van der Waals surface area contributed by atoms with Gasteiger partial charge in [0.05, 0.1) is 0 Å². The van der Waals surface area contributed by atoms with E-state index in [1.165, 1.54) is 0 Å². The molecule has 1 unspecified atom stereocenters. The van der Waals surface area contributed by atoms with Crippen molar-refractivity contribution >= 4 is 11.9 Å². The van der Waals surface area contributed by atoms with Crippen LogP contribution in [-0.2, 0) is 4.79 Å². The van der Waals surface area contributed by atoms with E-state index in [0.717, 1.165) is 42.0 Å². The van der Waals surface area contributed by atoms with E-state index in [0.29, 0.717) is 0 Å². The van der Waals surface area contributed by atoms with Crippen molar-refractivity contribution < 1.29 is 14.3 Å². The van der Waals surface area contributed by atoms with Crippen LogP contribution in [0.4, 0.5) is 0 Å². The topological polar surface area (TPSA) is 38.8 Å². The number of rotatable bonds is 3. The molecule has 0 aromatic heterocycles. The molecule has 1 aromatic carbocycles. The molecule has 0 bridgehead atoms. The summed E-state index contributed by atoms with van der Waals surface area (Å²) in [7, 11) is 4.01. The molecule has 0 spiro atoms. The zero-order valence-electron chi connectivity index (χ0n) is 11.9. The quantitative estimate of drug-likeness (QED) is 0.792. The molecule has 2 aliphatic rings. The van der Waals surface area contributed by atoms with E-state index in [1.54, 1.807) is 0 Å². The fourth-order valence-corrected chi connectivity index (χ4v) is 2.81. The zero-order chi connectivity index (χ0) is 14.1.